The fourth-order valence-corrected chi connectivity index (χ4v) is 6.28. The number of sulfonamides is 1. The Balaban J connectivity index is 2.00. The van der Waals surface area contributed by atoms with E-state index in [2.05, 4.69) is 21.2 Å². The van der Waals surface area contributed by atoms with E-state index in [-0.39, 0.29) is 23.4 Å². The SMILES string of the molecule is COc1ccc(S(=O)(=O)N(CC(=O)N(CCc2ccccc2)[C@@H](C)C(=O)NC(C)C)c2ccc(C)cc2)cc1Br. The van der Waals surface area contributed by atoms with Gasteiger partial charge in [0.15, 0.2) is 0 Å². The number of carbonyl (C=O) groups excluding carboxylic acids is 2. The van der Waals surface area contributed by atoms with E-state index >= 15 is 0 Å². The van der Waals surface area contributed by atoms with Gasteiger partial charge in [0.1, 0.15) is 18.3 Å². The zero-order valence-corrected chi connectivity index (χ0v) is 25.8. The number of amides is 2. The monoisotopic (exact) mass is 629 g/mol. The van der Waals surface area contributed by atoms with Crippen LogP contribution in [-0.2, 0) is 26.0 Å². The predicted molar refractivity (Wildman–Crippen MR) is 161 cm³/mol. The standard InChI is InChI=1S/C30H36BrN3O5S/c1-21(2)32-30(36)23(4)33(18-17-24-9-7-6-8-10-24)29(35)20-34(25-13-11-22(3)12-14-25)40(37,38)26-15-16-28(39-5)27(31)19-26/h6-16,19,21,23H,17-18,20H2,1-5H3,(H,32,36)/t23-/m0/s1. The summed E-state index contributed by atoms with van der Waals surface area (Å²) in [4.78, 5) is 28.3. The number of carbonyl (C=O) groups is 2. The predicted octanol–water partition coefficient (Wildman–Crippen LogP) is 4.95. The molecule has 1 atom stereocenters. The van der Waals surface area contributed by atoms with E-state index in [9.17, 15) is 18.0 Å². The summed E-state index contributed by atoms with van der Waals surface area (Å²) in [6.45, 7) is 7.01. The van der Waals surface area contributed by atoms with Gasteiger partial charge in [0.25, 0.3) is 10.0 Å². The molecule has 3 rings (SSSR count). The number of ether oxygens (including phenoxy) is 1. The summed E-state index contributed by atoms with van der Waals surface area (Å²) >= 11 is 3.36. The second-order valence-electron chi connectivity index (χ2n) is 9.81. The van der Waals surface area contributed by atoms with Crippen molar-refractivity contribution >= 4 is 43.5 Å². The van der Waals surface area contributed by atoms with Gasteiger partial charge in [0.05, 0.1) is 22.2 Å². The van der Waals surface area contributed by atoms with E-state index in [1.165, 1.54) is 24.1 Å². The summed E-state index contributed by atoms with van der Waals surface area (Å²) in [5.41, 5.74) is 2.29. The molecule has 8 nitrogen and oxygen atoms in total. The Labute approximate surface area is 245 Å². The molecule has 0 saturated heterocycles. The molecule has 0 aliphatic carbocycles. The Morgan fingerprint density at radius 3 is 2.20 bits per heavy atom. The minimum Gasteiger partial charge on any atom is -0.496 e. The lowest BCUT2D eigenvalue weighted by Crippen LogP contribution is -2.53. The molecule has 0 fully saturated rings. The van der Waals surface area contributed by atoms with Gasteiger partial charge in [-0.1, -0.05) is 48.0 Å². The fourth-order valence-electron chi connectivity index (χ4n) is 4.15. The molecular weight excluding hydrogens is 594 g/mol. The van der Waals surface area contributed by atoms with Gasteiger partial charge < -0.3 is 15.0 Å². The molecule has 0 saturated carbocycles. The summed E-state index contributed by atoms with van der Waals surface area (Å²) in [5, 5.41) is 2.86. The van der Waals surface area contributed by atoms with Crippen LogP contribution in [0, 0.1) is 6.92 Å². The van der Waals surface area contributed by atoms with Crippen LogP contribution in [0.4, 0.5) is 5.69 Å². The van der Waals surface area contributed by atoms with Gasteiger partial charge in [-0.2, -0.15) is 0 Å². The summed E-state index contributed by atoms with van der Waals surface area (Å²) in [7, 11) is -2.68. The lowest BCUT2D eigenvalue weighted by atomic mass is 10.1. The van der Waals surface area contributed by atoms with Crippen LogP contribution < -0.4 is 14.4 Å². The van der Waals surface area contributed by atoms with Crippen LogP contribution in [0.3, 0.4) is 0 Å². The maximum absolute atomic E-state index is 14.0. The molecule has 0 bridgehead atoms. The number of nitrogens with one attached hydrogen (secondary N) is 1. The summed E-state index contributed by atoms with van der Waals surface area (Å²) in [6.07, 6.45) is 0.509. The van der Waals surface area contributed by atoms with Crippen molar-refractivity contribution in [1.82, 2.24) is 10.2 Å². The topological polar surface area (TPSA) is 96.0 Å². The lowest BCUT2D eigenvalue weighted by Gasteiger charge is -2.32. The van der Waals surface area contributed by atoms with Crippen molar-refractivity contribution in [2.45, 2.75) is 51.1 Å². The molecule has 1 N–H and O–H groups in total. The number of anilines is 1. The molecule has 214 valence electrons. The van der Waals surface area contributed by atoms with Crippen LogP contribution in [0.25, 0.3) is 0 Å². The van der Waals surface area contributed by atoms with Crippen molar-refractivity contribution in [1.29, 1.82) is 0 Å². The zero-order chi connectivity index (χ0) is 29.4. The number of nitrogens with zero attached hydrogens (tertiary/aromatic N) is 2. The molecular formula is C30H36BrN3O5S. The lowest BCUT2D eigenvalue weighted by molar-refractivity contribution is -0.139. The Morgan fingerprint density at radius 1 is 0.975 bits per heavy atom. The highest BCUT2D eigenvalue weighted by Crippen LogP contribution is 2.31. The number of methoxy groups -OCH3 is 1. The number of hydrogen-bond donors (Lipinski definition) is 1. The molecule has 3 aromatic rings. The van der Waals surface area contributed by atoms with Gasteiger partial charge in [0.2, 0.25) is 11.8 Å². The molecule has 0 unspecified atom stereocenters. The number of aryl methyl sites for hydroxylation is 1. The van der Waals surface area contributed by atoms with Crippen LogP contribution in [0.1, 0.15) is 31.9 Å². The van der Waals surface area contributed by atoms with E-state index < -0.39 is 28.5 Å². The number of halogens is 1. The van der Waals surface area contributed by atoms with Gasteiger partial charge in [-0.3, -0.25) is 13.9 Å². The van der Waals surface area contributed by atoms with Crippen LogP contribution in [0.15, 0.2) is 82.2 Å². The van der Waals surface area contributed by atoms with Crippen molar-refractivity contribution in [3.8, 4) is 5.75 Å². The molecule has 10 heteroatoms. The molecule has 0 spiro atoms. The minimum atomic E-state index is -4.18. The highest BCUT2D eigenvalue weighted by molar-refractivity contribution is 9.10. The van der Waals surface area contributed by atoms with E-state index in [0.717, 1.165) is 15.4 Å². The number of rotatable bonds is 12. The second-order valence-corrected chi connectivity index (χ2v) is 12.5. The van der Waals surface area contributed by atoms with Gasteiger partial charge >= 0.3 is 0 Å². The molecule has 2 amide bonds. The quantitative estimate of drug-likeness (QED) is 0.306. The average Bonchev–Trinajstić information content (AvgIpc) is 2.92. The Hall–Kier alpha value is -3.37. The Kier molecular flexibility index (Phi) is 10.8. The molecule has 0 heterocycles. The molecule has 40 heavy (non-hydrogen) atoms. The number of benzene rings is 3. The Morgan fingerprint density at radius 2 is 1.62 bits per heavy atom. The maximum Gasteiger partial charge on any atom is 0.264 e. The Bertz CT molecular complexity index is 1410. The van der Waals surface area contributed by atoms with E-state index in [1.54, 1.807) is 37.3 Å². The molecule has 0 aliphatic rings. The zero-order valence-electron chi connectivity index (χ0n) is 23.4. The van der Waals surface area contributed by atoms with Gasteiger partial charge in [-0.05, 0) is 85.9 Å². The first-order chi connectivity index (χ1) is 18.9. The third kappa shape index (κ3) is 7.85. The smallest absolute Gasteiger partial charge is 0.264 e. The van der Waals surface area contributed by atoms with Crippen molar-refractivity contribution in [2.75, 3.05) is 24.5 Å². The minimum absolute atomic E-state index is 0.00464. The normalized spacial score (nSPS) is 12.1. The van der Waals surface area contributed by atoms with Crippen molar-refractivity contribution in [3.63, 3.8) is 0 Å². The highest BCUT2D eigenvalue weighted by atomic mass is 79.9. The second kappa shape index (κ2) is 13.8. The molecule has 0 aromatic heterocycles. The molecule has 3 aromatic carbocycles. The first-order valence-corrected chi connectivity index (χ1v) is 15.2. The summed E-state index contributed by atoms with van der Waals surface area (Å²) in [5.74, 6) is -0.312. The highest BCUT2D eigenvalue weighted by Gasteiger charge is 2.32. The van der Waals surface area contributed by atoms with E-state index in [0.29, 0.717) is 22.3 Å². The van der Waals surface area contributed by atoms with Crippen molar-refractivity contribution in [3.05, 3.63) is 88.4 Å². The van der Waals surface area contributed by atoms with Crippen molar-refractivity contribution < 1.29 is 22.7 Å². The van der Waals surface area contributed by atoms with Gasteiger partial charge in [-0.25, -0.2) is 8.42 Å². The molecule has 0 radical (unpaired) electrons. The summed E-state index contributed by atoms with van der Waals surface area (Å²) < 4.78 is 34.7. The number of hydrogen-bond acceptors (Lipinski definition) is 5. The summed E-state index contributed by atoms with van der Waals surface area (Å²) in [6, 6.07) is 20.1. The van der Waals surface area contributed by atoms with Crippen LogP contribution in [0.2, 0.25) is 0 Å². The van der Waals surface area contributed by atoms with Crippen LogP contribution >= 0.6 is 15.9 Å². The van der Waals surface area contributed by atoms with Gasteiger partial charge in [0, 0.05) is 12.6 Å². The van der Waals surface area contributed by atoms with Crippen LogP contribution in [-0.4, -0.2) is 57.4 Å². The molecule has 0 aliphatic heterocycles. The fraction of sp³-hybridized carbons (Fsp3) is 0.333. The third-order valence-electron chi connectivity index (χ3n) is 6.39. The maximum atomic E-state index is 14.0. The van der Waals surface area contributed by atoms with Gasteiger partial charge in [-0.15, -0.1) is 0 Å². The van der Waals surface area contributed by atoms with E-state index in [1.807, 2.05) is 51.1 Å². The van der Waals surface area contributed by atoms with Crippen LogP contribution in [0.5, 0.6) is 5.75 Å². The largest absolute Gasteiger partial charge is 0.496 e. The first kappa shape index (κ1) is 31.2. The van der Waals surface area contributed by atoms with Crippen molar-refractivity contribution in [2.24, 2.45) is 0 Å². The first-order valence-electron chi connectivity index (χ1n) is 13.0. The average molecular weight is 631 g/mol. The third-order valence-corrected chi connectivity index (χ3v) is 8.78. The van der Waals surface area contributed by atoms with E-state index in [4.69, 9.17) is 4.74 Å².